The summed E-state index contributed by atoms with van der Waals surface area (Å²) in [5, 5.41) is 28.5. The Morgan fingerprint density at radius 1 is 1.52 bits per heavy atom. The molecule has 1 aliphatic carbocycles. The fourth-order valence-electron chi connectivity index (χ4n) is 3.14. The minimum Gasteiger partial charge on any atom is -0.481 e. The first-order valence-corrected chi connectivity index (χ1v) is 8.36. The summed E-state index contributed by atoms with van der Waals surface area (Å²) in [7, 11) is 0. The van der Waals surface area contributed by atoms with E-state index in [2.05, 4.69) is 4.98 Å². The molecule has 3 N–H and O–H groups in total. The van der Waals surface area contributed by atoms with Crippen molar-refractivity contribution in [2.75, 3.05) is 6.61 Å². The number of hydrogen-bond acceptors (Lipinski definition) is 6. The quantitative estimate of drug-likeness (QED) is 0.731. The van der Waals surface area contributed by atoms with Gasteiger partial charge in [0.25, 0.3) is 5.56 Å². The van der Waals surface area contributed by atoms with E-state index >= 15 is 0 Å². The van der Waals surface area contributed by atoms with Crippen molar-refractivity contribution >= 4 is 27.5 Å². The van der Waals surface area contributed by atoms with E-state index in [1.807, 2.05) is 6.92 Å². The highest BCUT2D eigenvalue weighted by Gasteiger charge is 2.34. The maximum atomic E-state index is 12.9. The molecule has 0 aromatic carbocycles. The van der Waals surface area contributed by atoms with Gasteiger partial charge in [0.15, 0.2) is 0 Å². The molecule has 0 aliphatic heterocycles. The van der Waals surface area contributed by atoms with Crippen LogP contribution < -0.4 is 5.56 Å². The first-order chi connectivity index (χ1) is 11.0. The lowest BCUT2D eigenvalue weighted by Crippen LogP contribution is -2.32. The van der Waals surface area contributed by atoms with Gasteiger partial charge in [0.1, 0.15) is 10.7 Å². The van der Waals surface area contributed by atoms with Crippen molar-refractivity contribution in [1.82, 2.24) is 9.55 Å². The maximum absolute atomic E-state index is 12.9. The number of aliphatic carboxylic acids is 1. The molecule has 0 saturated heterocycles. The zero-order valence-electron chi connectivity index (χ0n) is 12.7. The second kappa shape index (κ2) is 6.03. The Bertz CT molecular complexity index is 825. The van der Waals surface area contributed by atoms with Crippen molar-refractivity contribution in [1.29, 1.82) is 0 Å². The summed E-state index contributed by atoms with van der Waals surface area (Å²) in [5.74, 6) is -1.07. The third-order valence-corrected chi connectivity index (χ3v) is 5.39. The number of fused-ring (bicyclic) bond motifs is 3. The van der Waals surface area contributed by atoms with E-state index in [1.54, 1.807) is 0 Å². The van der Waals surface area contributed by atoms with Crippen molar-refractivity contribution in [3.05, 3.63) is 26.6 Å². The number of aliphatic hydroxyl groups excluding tert-OH is 2. The topological polar surface area (TPSA) is 113 Å². The molecule has 0 spiro atoms. The molecule has 0 amide bonds. The summed E-state index contributed by atoms with van der Waals surface area (Å²) in [6.07, 6.45) is 0.599. The zero-order chi connectivity index (χ0) is 16.7. The number of carboxylic acids is 1. The van der Waals surface area contributed by atoms with Crippen molar-refractivity contribution in [3.63, 3.8) is 0 Å². The monoisotopic (exact) mass is 338 g/mol. The molecule has 3 rings (SSSR count). The summed E-state index contributed by atoms with van der Waals surface area (Å²) >= 11 is 1.38. The Balaban J connectivity index is 2.25. The molecule has 2 atom stereocenters. The first kappa shape index (κ1) is 16.1. The Labute approximate surface area is 135 Å². The summed E-state index contributed by atoms with van der Waals surface area (Å²) < 4.78 is 1.35. The largest absolute Gasteiger partial charge is 0.481 e. The summed E-state index contributed by atoms with van der Waals surface area (Å²) in [5.41, 5.74) is 0.259. The van der Waals surface area contributed by atoms with Crippen molar-refractivity contribution < 1.29 is 20.1 Å². The van der Waals surface area contributed by atoms with E-state index in [-0.39, 0.29) is 12.1 Å². The van der Waals surface area contributed by atoms with E-state index in [1.165, 1.54) is 15.9 Å². The molecule has 0 bridgehead atoms. The van der Waals surface area contributed by atoms with Gasteiger partial charge in [-0.15, -0.1) is 11.3 Å². The molecular formula is C15H18N2O5S. The van der Waals surface area contributed by atoms with Crippen LogP contribution in [0, 0.1) is 0 Å². The summed E-state index contributed by atoms with van der Waals surface area (Å²) in [6, 6.07) is 0. The lowest BCUT2D eigenvalue weighted by Gasteiger charge is -2.14. The molecule has 0 radical (unpaired) electrons. The van der Waals surface area contributed by atoms with E-state index in [9.17, 15) is 19.8 Å². The highest BCUT2D eigenvalue weighted by Crippen LogP contribution is 2.42. The van der Waals surface area contributed by atoms with Gasteiger partial charge in [0.05, 0.1) is 30.6 Å². The van der Waals surface area contributed by atoms with Gasteiger partial charge in [-0.25, -0.2) is 4.98 Å². The minimum absolute atomic E-state index is 0.0518. The van der Waals surface area contributed by atoms with Gasteiger partial charge < -0.3 is 15.3 Å². The molecular weight excluding hydrogens is 320 g/mol. The normalized spacial score (nSPS) is 18.3. The molecule has 0 fully saturated rings. The van der Waals surface area contributed by atoms with Crippen molar-refractivity contribution in [3.8, 4) is 0 Å². The van der Waals surface area contributed by atoms with Gasteiger partial charge in [-0.2, -0.15) is 0 Å². The Morgan fingerprint density at radius 3 is 2.87 bits per heavy atom. The second-order valence-electron chi connectivity index (χ2n) is 5.68. The van der Waals surface area contributed by atoms with Crippen LogP contribution in [0.1, 0.15) is 35.5 Å². The molecule has 124 valence electrons. The highest BCUT2D eigenvalue weighted by atomic mass is 32.1. The van der Waals surface area contributed by atoms with Gasteiger partial charge >= 0.3 is 5.97 Å². The minimum atomic E-state index is -1.06. The van der Waals surface area contributed by atoms with Crippen LogP contribution in [0.5, 0.6) is 0 Å². The molecule has 1 aliphatic rings. The van der Waals surface area contributed by atoms with Gasteiger partial charge in [-0.1, -0.05) is 6.92 Å². The standard InChI is InChI=1S/C15H18N2O5S/c1-2-10-16-13-12(14(20)17(10)5-7(19)6-18)11-8(15(21)22)3-4-9(11)23-13/h7-8,18-19H,2-6H2,1H3,(H,21,22). The van der Waals surface area contributed by atoms with E-state index in [4.69, 9.17) is 5.11 Å². The molecule has 2 heterocycles. The van der Waals surface area contributed by atoms with Gasteiger partial charge in [0.2, 0.25) is 0 Å². The van der Waals surface area contributed by atoms with Crippen molar-refractivity contribution in [2.45, 2.75) is 44.8 Å². The van der Waals surface area contributed by atoms with Crippen LogP contribution in [0.2, 0.25) is 0 Å². The Kier molecular flexibility index (Phi) is 4.22. The third-order valence-electron chi connectivity index (χ3n) is 4.23. The van der Waals surface area contributed by atoms with Crippen molar-refractivity contribution in [2.24, 2.45) is 0 Å². The number of aryl methyl sites for hydroxylation is 2. The van der Waals surface area contributed by atoms with Gasteiger partial charge in [-0.05, 0) is 18.4 Å². The maximum Gasteiger partial charge on any atom is 0.311 e. The van der Waals surface area contributed by atoms with Crippen LogP contribution in [-0.4, -0.2) is 43.6 Å². The third kappa shape index (κ3) is 2.56. The Morgan fingerprint density at radius 2 is 2.26 bits per heavy atom. The van der Waals surface area contributed by atoms with Gasteiger partial charge in [-0.3, -0.25) is 14.2 Å². The highest BCUT2D eigenvalue weighted by molar-refractivity contribution is 7.18. The number of aromatic nitrogens is 2. The molecule has 2 aromatic heterocycles. The average molecular weight is 338 g/mol. The van der Waals surface area contributed by atoms with Crippen LogP contribution in [0.4, 0.5) is 0 Å². The number of aliphatic hydroxyl groups is 2. The SMILES string of the molecule is CCc1nc2sc3c(c2c(=O)n1CC(O)CO)C(C(=O)O)CC3. The predicted molar refractivity (Wildman–Crippen MR) is 85.0 cm³/mol. The van der Waals surface area contributed by atoms with E-state index < -0.39 is 24.6 Å². The van der Waals surface area contributed by atoms with Crippen LogP contribution in [-0.2, 0) is 24.2 Å². The van der Waals surface area contributed by atoms with Gasteiger partial charge in [0, 0.05) is 11.3 Å². The first-order valence-electron chi connectivity index (χ1n) is 7.54. The zero-order valence-corrected chi connectivity index (χ0v) is 13.5. The lowest BCUT2D eigenvalue weighted by molar-refractivity contribution is -0.138. The van der Waals surface area contributed by atoms with Crippen LogP contribution in [0.15, 0.2) is 4.79 Å². The lowest BCUT2D eigenvalue weighted by atomic mass is 10.0. The number of carboxylic acid groups (broad SMARTS) is 1. The van der Waals surface area contributed by atoms with Crippen LogP contribution in [0.3, 0.4) is 0 Å². The molecule has 7 nitrogen and oxygen atoms in total. The smallest absolute Gasteiger partial charge is 0.311 e. The number of hydrogen-bond donors (Lipinski definition) is 3. The average Bonchev–Trinajstić information content (AvgIpc) is 3.07. The molecule has 2 aromatic rings. The van der Waals surface area contributed by atoms with Crippen LogP contribution >= 0.6 is 11.3 Å². The molecule has 2 unspecified atom stereocenters. The van der Waals surface area contributed by atoms with E-state index in [0.717, 1.165) is 4.88 Å². The molecule has 0 saturated carbocycles. The number of carbonyl (C=O) groups is 1. The fourth-order valence-corrected chi connectivity index (χ4v) is 4.40. The number of thiophene rings is 1. The number of nitrogens with zero attached hydrogens (tertiary/aromatic N) is 2. The summed E-state index contributed by atoms with van der Waals surface area (Å²) in [4.78, 5) is 30.3. The number of rotatable bonds is 5. The second-order valence-corrected chi connectivity index (χ2v) is 6.77. The Hall–Kier alpha value is -1.77. The summed E-state index contributed by atoms with van der Waals surface area (Å²) in [6.45, 7) is 1.35. The predicted octanol–water partition coefficient (Wildman–Crippen LogP) is 0.488. The fraction of sp³-hybridized carbons (Fsp3) is 0.533. The molecule has 8 heteroatoms. The van der Waals surface area contributed by atoms with E-state index in [0.29, 0.717) is 40.9 Å². The van der Waals surface area contributed by atoms with Crippen LogP contribution in [0.25, 0.3) is 10.2 Å². The molecule has 23 heavy (non-hydrogen) atoms.